The average Bonchev–Trinajstić information content (AvgIpc) is 2.68. The Morgan fingerprint density at radius 2 is 1.95 bits per heavy atom. The Morgan fingerprint density at radius 1 is 1.25 bits per heavy atom. The monoisotopic (exact) mass is 297 g/mol. The van der Waals surface area contributed by atoms with Crippen LogP contribution in [0.2, 0.25) is 0 Å². The van der Waals surface area contributed by atoms with Crippen molar-refractivity contribution in [2.24, 2.45) is 0 Å². The smallest absolute Gasteiger partial charge is 0.322 e. The molecule has 0 bridgehead atoms. The number of nitrogens with one attached hydrogen (secondary N) is 3. The van der Waals surface area contributed by atoms with Crippen LogP contribution < -0.4 is 15.4 Å². The molecule has 7 nitrogen and oxygen atoms in total. The number of sulfonamides is 1. The maximum Gasteiger partial charge on any atom is 0.322 e. The number of urea groups is 1. The van der Waals surface area contributed by atoms with Crippen molar-refractivity contribution in [3.63, 3.8) is 0 Å². The zero-order valence-corrected chi connectivity index (χ0v) is 11.9. The van der Waals surface area contributed by atoms with E-state index in [1.54, 1.807) is 26.0 Å². The number of imide groups is 1. The molecule has 0 aliphatic carbocycles. The highest BCUT2D eigenvalue weighted by Gasteiger charge is 2.30. The number of amides is 3. The summed E-state index contributed by atoms with van der Waals surface area (Å²) in [7, 11) is -3.72. The van der Waals surface area contributed by atoms with Crippen molar-refractivity contribution < 1.29 is 18.0 Å². The van der Waals surface area contributed by atoms with Crippen LogP contribution in [-0.4, -0.2) is 32.9 Å². The van der Waals surface area contributed by atoms with Gasteiger partial charge in [-0.2, -0.15) is 0 Å². The topological polar surface area (TPSA) is 104 Å². The van der Waals surface area contributed by atoms with Gasteiger partial charge in [0.2, 0.25) is 10.0 Å². The SMILES string of the molecule is Cc1ccc(C)c(S(=O)(=O)NCC2NC(=O)NC2=O)c1. The van der Waals surface area contributed by atoms with Gasteiger partial charge in [0, 0.05) is 6.54 Å². The maximum atomic E-state index is 12.2. The van der Waals surface area contributed by atoms with Gasteiger partial charge < -0.3 is 5.32 Å². The number of hydrogen-bond acceptors (Lipinski definition) is 4. The highest BCUT2D eigenvalue weighted by atomic mass is 32.2. The summed E-state index contributed by atoms with van der Waals surface area (Å²) in [4.78, 5) is 22.4. The number of benzene rings is 1. The number of carbonyl (C=O) groups excluding carboxylic acids is 2. The van der Waals surface area contributed by atoms with Crippen LogP contribution in [0.1, 0.15) is 11.1 Å². The molecule has 1 fully saturated rings. The van der Waals surface area contributed by atoms with Gasteiger partial charge in [0.25, 0.3) is 5.91 Å². The number of hydrogen-bond donors (Lipinski definition) is 3. The molecule has 0 radical (unpaired) electrons. The van der Waals surface area contributed by atoms with E-state index >= 15 is 0 Å². The van der Waals surface area contributed by atoms with Crippen molar-refractivity contribution in [1.82, 2.24) is 15.4 Å². The lowest BCUT2D eigenvalue weighted by molar-refractivity contribution is -0.120. The molecule has 1 aliphatic heterocycles. The third-order valence-electron chi connectivity index (χ3n) is 2.97. The highest BCUT2D eigenvalue weighted by Crippen LogP contribution is 2.16. The average molecular weight is 297 g/mol. The normalized spacial score (nSPS) is 18.8. The molecule has 1 aromatic rings. The van der Waals surface area contributed by atoms with Gasteiger partial charge in [0.1, 0.15) is 6.04 Å². The van der Waals surface area contributed by atoms with Crippen LogP contribution in [0.3, 0.4) is 0 Å². The molecule has 0 saturated carbocycles. The molecule has 3 amide bonds. The first kappa shape index (κ1) is 14.5. The molecule has 0 spiro atoms. The molecular formula is C12H15N3O4S. The van der Waals surface area contributed by atoms with Crippen LogP contribution in [0.4, 0.5) is 4.79 Å². The zero-order chi connectivity index (χ0) is 14.9. The Hall–Kier alpha value is -1.93. The van der Waals surface area contributed by atoms with Crippen molar-refractivity contribution in [2.75, 3.05) is 6.54 Å². The standard InChI is InChI=1S/C12H15N3O4S/c1-7-3-4-8(2)10(5-7)20(18,19)13-6-9-11(16)15-12(17)14-9/h3-5,9,13H,6H2,1-2H3,(H2,14,15,16,17). The van der Waals surface area contributed by atoms with E-state index < -0.39 is 28.0 Å². The van der Waals surface area contributed by atoms with Gasteiger partial charge in [0.15, 0.2) is 0 Å². The third-order valence-corrected chi connectivity index (χ3v) is 4.53. The van der Waals surface area contributed by atoms with Crippen LogP contribution in [0.25, 0.3) is 0 Å². The summed E-state index contributed by atoms with van der Waals surface area (Å²) in [5.41, 5.74) is 1.44. The van der Waals surface area contributed by atoms with E-state index in [4.69, 9.17) is 0 Å². The second kappa shape index (κ2) is 5.22. The van der Waals surface area contributed by atoms with Crippen LogP contribution in [0, 0.1) is 13.8 Å². The fourth-order valence-electron chi connectivity index (χ4n) is 1.87. The molecule has 1 atom stereocenters. The Labute approximate surface area is 116 Å². The molecule has 20 heavy (non-hydrogen) atoms. The van der Waals surface area contributed by atoms with Gasteiger partial charge in [-0.1, -0.05) is 12.1 Å². The van der Waals surface area contributed by atoms with Crippen molar-refractivity contribution >= 4 is 22.0 Å². The van der Waals surface area contributed by atoms with Crippen LogP contribution in [0.5, 0.6) is 0 Å². The predicted molar refractivity (Wildman–Crippen MR) is 71.6 cm³/mol. The van der Waals surface area contributed by atoms with Crippen LogP contribution in [-0.2, 0) is 14.8 Å². The summed E-state index contributed by atoms with van der Waals surface area (Å²) < 4.78 is 26.7. The highest BCUT2D eigenvalue weighted by molar-refractivity contribution is 7.89. The van der Waals surface area contributed by atoms with E-state index in [2.05, 4.69) is 10.0 Å². The summed E-state index contributed by atoms with van der Waals surface area (Å²) in [6.45, 7) is 3.30. The summed E-state index contributed by atoms with van der Waals surface area (Å²) in [5.74, 6) is -0.543. The van der Waals surface area contributed by atoms with E-state index in [-0.39, 0.29) is 11.4 Å². The van der Waals surface area contributed by atoms with Gasteiger partial charge in [0.05, 0.1) is 4.90 Å². The van der Waals surface area contributed by atoms with Crippen molar-refractivity contribution in [3.8, 4) is 0 Å². The second-order valence-electron chi connectivity index (χ2n) is 4.64. The first-order valence-electron chi connectivity index (χ1n) is 5.98. The van der Waals surface area contributed by atoms with E-state index in [9.17, 15) is 18.0 Å². The molecule has 1 aromatic carbocycles. The van der Waals surface area contributed by atoms with Gasteiger partial charge in [-0.25, -0.2) is 17.9 Å². The number of rotatable bonds is 4. The minimum Gasteiger partial charge on any atom is -0.325 e. The van der Waals surface area contributed by atoms with Gasteiger partial charge in [-0.3, -0.25) is 10.1 Å². The number of carbonyl (C=O) groups is 2. The lowest BCUT2D eigenvalue weighted by Gasteiger charge is -2.12. The summed E-state index contributed by atoms with van der Waals surface area (Å²) in [5, 5.41) is 4.37. The Kier molecular flexibility index (Phi) is 3.78. The van der Waals surface area contributed by atoms with Crippen molar-refractivity contribution in [2.45, 2.75) is 24.8 Å². The second-order valence-corrected chi connectivity index (χ2v) is 6.37. The molecule has 8 heteroatoms. The van der Waals surface area contributed by atoms with Gasteiger partial charge in [-0.15, -0.1) is 0 Å². The fourth-order valence-corrected chi connectivity index (χ4v) is 3.24. The van der Waals surface area contributed by atoms with Crippen LogP contribution in [0.15, 0.2) is 23.1 Å². The van der Waals surface area contributed by atoms with E-state index in [1.807, 2.05) is 11.4 Å². The van der Waals surface area contributed by atoms with Crippen molar-refractivity contribution in [3.05, 3.63) is 29.3 Å². The number of aryl methyl sites for hydroxylation is 2. The Morgan fingerprint density at radius 3 is 2.55 bits per heavy atom. The molecule has 1 saturated heterocycles. The maximum absolute atomic E-state index is 12.2. The quantitative estimate of drug-likeness (QED) is 0.669. The summed E-state index contributed by atoms with van der Waals surface area (Å²) >= 11 is 0. The summed E-state index contributed by atoms with van der Waals surface area (Å²) in [6.07, 6.45) is 0. The molecule has 1 unspecified atom stereocenters. The van der Waals surface area contributed by atoms with Gasteiger partial charge in [-0.05, 0) is 31.0 Å². The third kappa shape index (κ3) is 2.97. The molecule has 0 aromatic heterocycles. The Balaban J connectivity index is 2.14. The van der Waals surface area contributed by atoms with Crippen LogP contribution >= 0.6 is 0 Å². The molecule has 1 heterocycles. The molecule has 2 rings (SSSR count). The molecule has 3 N–H and O–H groups in total. The lowest BCUT2D eigenvalue weighted by atomic mass is 10.2. The Bertz CT molecular complexity index is 669. The largest absolute Gasteiger partial charge is 0.325 e. The minimum atomic E-state index is -3.72. The zero-order valence-electron chi connectivity index (χ0n) is 11.1. The first-order valence-corrected chi connectivity index (χ1v) is 7.46. The van der Waals surface area contributed by atoms with Crippen molar-refractivity contribution in [1.29, 1.82) is 0 Å². The molecule has 1 aliphatic rings. The minimum absolute atomic E-state index is 0.169. The lowest BCUT2D eigenvalue weighted by Crippen LogP contribution is -2.41. The fraction of sp³-hybridized carbons (Fsp3) is 0.333. The van der Waals surface area contributed by atoms with Gasteiger partial charge >= 0.3 is 6.03 Å². The van der Waals surface area contributed by atoms with E-state index in [1.165, 1.54) is 0 Å². The van der Waals surface area contributed by atoms with E-state index in [0.717, 1.165) is 5.56 Å². The predicted octanol–water partition coefficient (Wildman–Crippen LogP) is -0.210. The van der Waals surface area contributed by atoms with E-state index in [0.29, 0.717) is 5.56 Å². The first-order chi connectivity index (χ1) is 9.29. The molecular weight excluding hydrogens is 282 g/mol. The molecule has 108 valence electrons. The summed E-state index contributed by atoms with van der Waals surface area (Å²) in [6, 6.07) is 3.59.